The third-order valence-corrected chi connectivity index (χ3v) is 5.29. The first kappa shape index (κ1) is 19.0. The van der Waals surface area contributed by atoms with Crippen LogP contribution in [0.15, 0.2) is 59.1 Å². The fourth-order valence-electron chi connectivity index (χ4n) is 3.19. The van der Waals surface area contributed by atoms with Crippen molar-refractivity contribution < 1.29 is 4.79 Å². The van der Waals surface area contributed by atoms with E-state index in [0.717, 1.165) is 17.4 Å². The summed E-state index contributed by atoms with van der Waals surface area (Å²) in [4.78, 5) is 14.4. The molecule has 3 rings (SSSR count). The van der Waals surface area contributed by atoms with Crippen molar-refractivity contribution in [3.8, 4) is 0 Å². The first-order valence-electron chi connectivity index (χ1n) is 7.97. The second-order valence-corrected chi connectivity index (χ2v) is 6.93. The van der Waals surface area contributed by atoms with E-state index in [-0.39, 0.29) is 30.3 Å². The van der Waals surface area contributed by atoms with Gasteiger partial charge in [0.25, 0.3) is 0 Å². The number of rotatable bonds is 4. The Hall–Kier alpha value is -1.36. The summed E-state index contributed by atoms with van der Waals surface area (Å²) in [7, 11) is 0. The molecular formula is C19H22BrClN2O. The van der Waals surface area contributed by atoms with Crippen LogP contribution in [0, 0.1) is 0 Å². The zero-order valence-electron chi connectivity index (χ0n) is 13.4. The molecule has 0 aromatic heterocycles. The van der Waals surface area contributed by atoms with Crippen LogP contribution >= 0.6 is 28.3 Å². The minimum Gasteiger partial charge on any atom is -0.340 e. The van der Waals surface area contributed by atoms with E-state index in [0.29, 0.717) is 13.0 Å². The summed E-state index contributed by atoms with van der Waals surface area (Å²) in [6, 6.07) is 18.3. The standard InChI is InChI=1S/C19H21BrN2O.ClH/c20-17-9-5-4-8-15(17)10-11-19(23)22-12-16(18(21)13-22)14-6-2-1-3-7-14;/h1-9,16,18H,10-13,21H2;1H/t16-,18+;/m0./s1. The Labute approximate surface area is 157 Å². The molecule has 0 saturated carbocycles. The number of hydrogen-bond donors (Lipinski definition) is 1. The van der Waals surface area contributed by atoms with Crippen LogP contribution in [0.25, 0.3) is 0 Å². The Kier molecular flexibility index (Phi) is 6.84. The van der Waals surface area contributed by atoms with Gasteiger partial charge in [0.2, 0.25) is 5.91 Å². The zero-order chi connectivity index (χ0) is 16.2. The second kappa shape index (κ2) is 8.65. The molecule has 0 aliphatic carbocycles. The van der Waals surface area contributed by atoms with Gasteiger partial charge in [-0.2, -0.15) is 0 Å². The van der Waals surface area contributed by atoms with Crippen molar-refractivity contribution in [1.82, 2.24) is 4.90 Å². The third-order valence-electron chi connectivity index (χ3n) is 4.51. The SMILES string of the molecule is Cl.N[C@@H]1CN(C(=O)CCc2ccccc2Br)C[C@H]1c1ccccc1. The number of halogens is 2. The van der Waals surface area contributed by atoms with E-state index in [9.17, 15) is 4.79 Å². The van der Waals surface area contributed by atoms with Gasteiger partial charge >= 0.3 is 0 Å². The Bertz CT molecular complexity index is 680. The molecule has 2 aromatic carbocycles. The van der Waals surface area contributed by atoms with Crippen LogP contribution < -0.4 is 5.73 Å². The van der Waals surface area contributed by atoms with Crippen LogP contribution in [0.5, 0.6) is 0 Å². The molecular weight excluding hydrogens is 388 g/mol. The van der Waals surface area contributed by atoms with Gasteiger partial charge in [0.05, 0.1) is 0 Å². The number of hydrogen-bond acceptors (Lipinski definition) is 2. The minimum absolute atomic E-state index is 0. The first-order chi connectivity index (χ1) is 11.1. The quantitative estimate of drug-likeness (QED) is 0.836. The number of carbonyl (C=O) groups is 1. The molecule has 0 unspecified atom stereocenters. The van der Waals surface area contributed by atoms with Crippen molar-refractivity contribution in [1.29, 1.82) is 0 Å². The third kappa shape index (κ3) is 4.38. The molecule has 128 valence electrons. The lowest BCUT2D eigenvalue weighted by molar-refractivity contribution is -0.130. The zero-order valence-corrected chi connectivity index (χ0v) is 15.8. The first-order valence-corrected chi connectivity index (χ1v) is 8.76. The van der Waals surface area contributed by atoms with E-state index in [1.54, 1.807) is 0 Å². The average molecular weight is 410 g/mol. The summed E-state index contributed by atoms with van der Waals surface area (Å²) in [5.41, 5.74) is 8.66. The van der Waals surface area contributed by atoms with Crippen LogP contribution in [0.3, 0.4) is 0 Å². The lowest BCUT2D eigenvalue weighted by Crippen LogP contribution is -2.32. The van der Waals surface area contributed by atoms with Gasteiger partial charge in [-0.3, -0.25) is 4.79 Å². The smallest absolute Gasteiger partial charge is 0.222 e. The molecule has 1 aliphatic rings. The summed E-state index contributed by atoms with van der Waals surface area (Å²) in [6.45, 7) is 1.37. The lowest BCUT2D eigenvalue weighted by Gasteiger charge is -2.16. The number of likely N-dealkylation sites (tertiary alicyclic amines) is 1. The molecule has 1 amide bonds. The van der Waals surface area contributed by atoms with Gasteiger partial charge < -0.3 is 10.6 Å². The molecule has 24 heavy (non-hydrogen) atoms. The van der Waals surface area contributed by atoms with E-state index >= 15 is 0 Å². The molecule has 5 heteroatoms. The minimum atomic E-state index is 0. The molecule has 0 radical (unpaired) electrons. The number of carbonyl (C=O) groups excluding carboxylic acids is 1. The molecule has 1 heterocycles. The van der Waals surface area contributed by atoms with Gasteiger partial charge in [0.1, 0.15) is 0 Å². The van der Waals surface area contributed by atoms with Gasteiger partial charge in [0.15, 0.2) is 0 Å². The van der Waals surface area contributed by atoms with Crippen LogP contribution in [0.4, 0.5) is 0 Å². The molecule has 1 saturated heterocycles. The maximum atomic E-state index is 12.5. The molecule has 2 N–H and O–H groups in total. The second-order valence-electron chi connectivity index (χ2n) is 6.07. The fraction of sp³-hybridized carbons (Fsp3) is 0.316. The van der Waals surface area contributed by atoms with E-state index in [1.807, 2.05) is 41.3 Å². The molecule has 0 spiro atoms. The summed E-state index contributed by atoms with van der Waals surface area (Å²) in [5, 5.41) is 0. The van der Waals surface area contributed by atoms with Crippen molar-refractivity contribution in [2.75, 3.05) is 13.1 Å². The van der Waals surface area contributed by atoms with Crippen molar-refractivity contribution >= 4 is 34.2 Å². The Morgan fingerprint density at radius 2 is 1.75 bits per heavy atom. The molecule has 2 atom stereocenters. The number of nitrogens with two attached hydrogens (primary N) is 1. The Morgan fingerprint density at radius 1 is 1.08 bits per heavy atom. The normalized spacial score (nSPS) is 19.8. The molecule has 1 fully saturated rings. The van der Waals surface area contributed by atoms with E-state index in [1.165, 1.54) is 11.1 Å². The molecule has 1 aliphatic heterocycles. The highest BCUT2D eigenvalue weighted by atomic mass is 79.9. The molecule has 3 nitrogen and oxygen atoms in total. The maximum absolute atomic E-state index is 12.5. The highest BCUT2D eigenvalue weighted by Gasteiger charge is 2.33. The van der Waals surface area contributed by atoms with Gasteiger partial charge in [-0.15, -0.1) is 12.4 Å². The molecule has 0 bridgehead atoms. The Morgan fingerprint density at radius 3 is 2.46 bits per heavy atom. The average Bonchev–Trinajstić information content (AvgIpc) is 2.96. The number of nitrogens with zero attached hydrogens (tertiary/aromatic N) is 1. The van der Waals surface area contributed by atoms with E-state index < -0.39 is 0 Å². The summed E-state index contributed by atoms with van der Waals surface area (Å²) >= 11 is 3.53. The topological polar surface area (TPSA) is 46.3 Å². The van der Waals surface area contributed by atoms with Crippen molar-refractivity contribution in [2.45, 2.75) is 24.8 Å². The predicted octanol–water partition coefficient (Wildman–Crippen LogP) is 3.76. The highest BCUT2D eigenvalue weighted by molar-refractivity contribution is 9.10. The fourth-order valence-corrected chi connectivity index (χ4v) is 3.67. The number of benzene rings is 2. The monoisotopic (exact) mass is 408 g/mol. The summed E-state index contributed by atoms with van der Waals surface area (Å²) in [6.07, 6.45) is 1.28. The van der Waals surface area contributed by atoms with Crippen LogP contribution in [-0.4, -0.2) is 29.9 Å². The van der Waals surface area contributed by atoms with Gasteiger partial charge in [-0.05, 0) is 23.6 Å². The Balaban J connectivity index is 0.00000208. The molecule has 2 aromatic rings. The number of aryl methyl sites for hydroxylation is 1. The van der Waals surface area contributed by atoms with Crippen LogP contribution in [0.1, 0.15) is 23.5 Å². The van der Waals surface area contributed by atoms with Gasteiger partial charge in [-0.25, -0.2) is 0 Å². The summed E-state index contributed by atoms with van der Waals surface area (Å²) < 4.78 is 1.06. The van der Waals surface area contributed by atoms with Gasteiger partial charge in [0, 0.05) is 35.9 Å². The maximum Gasteiger partial charge on any atom is 0.222 e. The van der Waals surface area contributed by atoms with E-state index in [4.69, 9.17) is 5.73 Å². The van der Waals surface area contributed by atoms with Crippen molar-refractivity contribution in [3.63, 3.8) is 0 Å². The summed E-state index contributed by atoms with van der Waals surface area (Å²) in [5.74, 6) is 0.429. The van der Waals surface area contributed by atoms with E-state index in [2.05, 4.69) is 34.1 Å². The highest BCUT2D eigenvalue weighted by Crippen LogP contribution is 2.27. The van der Waals surface area contributed by atoms with Crippen molar-refractivity contribution in [2.24, 2.45) is 5.73 Å². The number of amides is 1. The van der Waals surface area contributed by atoms with Crippen LogP contribution in [0.2, 0.25) is 0 Å². The van der Waals surface area contributed by atoms with Gasteiger partial charge in [-0.1, -0.05) is 64.5 Å². The predicted molar refractivity (Wildman–Crippen MR) is 103 cm³/mol. The van der Waals surface area contributed by atoms with Crippen LogP contribution in [-0.2, 0) is 11.2 Å². The lowest BCUT2D eigenvalue weighted by atomic mass is 9.95. The largest absolute Gasteiger partial charge is 0.340 e. The van der Waals surface area contributed by atoms with Crippen molar-refractivity contribution in [3.05, 3.63) is 70.2 Å².